The normalized spacial score (nSPS) is 13.6. The largest absolute Gasteiger partial charge is 0.572 e. The van der Waals surface area contributed by atoms with Gasteiger partial charge in [-0.2, -0.15) is 18.3 Å². The number of aliphatic imine (C=N–C) groups is 1. The Bertz CT molecular complexity index is 1270. The number of nitrogens with two attached hydrogens (primary N) is 2. The van der Waals surface area contributed by atoms with Crippen LogP contribution in [0.25, 0.3) is 16.8 Å². The highest BCUT2D eigenvalue weighted by Gasteiger charge is 2.29. The van der Waals surface area contributed by atoms with E-state index in [1.54, 1.807) is 19.1 Å². The van der Waals surface area contributed by atoms with Crippen LogP contribution in [0.4, 0.5) is 26.3 Å². The Morgan fingerprint density at radius 1 is 1.10 bits per heavy atom. The number of fused-ring (bicyclic) bond motifs is 1. The van der Waals surface area contributed by atoms with Crippen LogP contribution in [0.3, 0.4) is 0 Å². The first-order valence-electron chi connectivity index (χ1n) is 12.5. The van der Waals surface area contributed by atoms with Gasteiger partial charge in [-0.05, 0) is 50.6 Å². The van der Waals surface area contributed by atoms with Gasteiger partial charge in [-0.25, -0.2) is 14.5 Å². The molecule has 0 saturated heterocycles. The molecule has 2 aromatic heterocycles. The van der Waals surface area contributed by atoms with E-state index in [1.165, 1.54) is 22.8 Å². The van der Waals surface area contributed by atoms with Crippen LogP contribution in [0.5, 0.6) is 0 Å². The Kier molecular flexibility index (Phi) is 14.4. The maximum Gasteiger partial charge on any atom is 0.572 e. The SMILES string of the molecule is C=C(N)/N=C\C(=C/CC(F)(F)F)c1cnc2ccc(C(/C=C/OC(F)(F)F)=C/C/C=C(\C)OCCCN)nn12.CC. The van der Waals surface area contributed by atoms with E-state index in [9.17, 15) is 26.3 Å². The van der Waals surface area contributed by atoms with Crippen LogP contribution in [0.1, 0.15) is 51.4 Å². The summed E-state index contributed by atoms with van der Waals surface area (Å²) in [6.45, 7) is 10.00. The molecule has 0 spiro atoms. The standard InChI is InChI=1S/C25H28F6N6O2.C2H6/c1-17(38-13-4-12-32)5-3-6-19(10-14-39-25(29,30)31)21-7-8-23-35-16-22(37(23)36-21)20(15-34-18(2)33)9-11-24(26,27)28;1-2/h5-10,14-16H,2-4,11-13,32-33H2,1H3;1-2H3/b14-10+,17-5+,19-6+,20-9+,34-15-;. The molecule has 0 atom stereocenters. The number of imidazole rings is 1. The van der Waals surface area contributed by atoms with E-state index in [0.29, 0.717) is 31.6 Å². The zero-order valence-electron chi connectivity index (χ0n) is 23.0. The molecule has 226 valence electrons. The molecular formula is C27H34F6N6O2. The van der Waals surface area contributed by atoms with E-state index >= 15 is 0 Å². The lowest BCUT2D eigenvalue weighted by Crippen LogP contribution is -2.08. The van der Waals surface area contributed by atoms with Gasteiger partial charge in [0, 0.05) is 17.4 Å². The third kappa shape index (κ3) is 13.7. The highest BCUT2D eigenvalue weighted by atomic mass is 19.4. The molecular weight excluding hydrogens is 554 g/mol. The number of ether oxygens (including phenoxy) is 2. The Morgan fingerprint density at radius 3 is 2.41 bits per heavy atom. The van der Waals surface area contributed by atoms with Gasteiger partial charge in [-0.3, -0.25) is 0 Å². The molecule has 4 N–H and O–H groups in total. The highest BCUT2D eigenvalue weighted by molar-refractivity contribution is 6.09. The second-order valence-corrected chi connectivity index (χ2v) is 7.93. The predicted molar refractivity (Wildman–Crippen MR) is 147 cm³/mol. The number of nitrogens with zero attached hydrogens (tertiary/aromatic N) is 4. The molecule has 0 aromatic carbocycles. The minimum Gasteiger partial charge on any atom is -0.499 e. The highest BCUT2D eigenvalue weighted by Crippen LogP contribution is 2.25. The molecule has 0 saturated carbocycles. The summed E-state index contributed by atoms with van der Waals surface area (Å²) >= 11 is 0. The number of hydrogen-bond donors (Lipinski definition) is 2. The first-order chi connectivity index (χ1) is 19.3. The lowest BCUT2D eigenvalue weighted by molar-refractivity contribution is -0.298. The van der Waals surface area contributed by atoms with Gasteiger partial charge in [0.05, 0.1) is 42.6 Å². The third-order valence-corrected chi connectivity index (χ3v) is 4.75. The van der Waals surface area contributed by atoms with Crippen molar-refractivity contribution in [2.24, 2.45) is 16.5 Å². The Labute approximate surface area is 234 Å². The van der Waals surface area contributed by atoms with Crippen molar-refractivity contribution in [3.63, 3.8) is 0 Å². The molecule has 0 aliphatic rings. The maximum absolute atomic E-state index is 12.9. The molecule has 2 aromatic rings. The van der Waals surface area contributed by atoms with E-state index in [0.717, 1.165) is 18.4 Å². The summed E-state index contributed by atoms with van der Waals surface area (Å²) in [5, 5.41) is 4.40. The fourth-order valence-corrected chi connectivity index (χ4v) is 3.00. The summed E-state index contributed by atoms with van der Waals surface area (Å²) in [7, 11) is 0. The van der Waals surface area contributed by atoms with Gasteiger partial charge in [0.25, 0.3) is 0 Å². The number of rotatable bonds is 13. The fourth-order valence-electron chi connectivity index (χ4n) is 3.00. The molecule has 8 nitrogen and oxygen atoms in total. The van der Waals surface area contributed by atoms with Crippen LogP contribution in [-0.2, 0) is 9.47 Å². The van der Waals surface area contributed by atoms with Crippen LogP contribution in [0, 0.1) is 0 Å². The van der Waals surface area contributed by atoms with Crippen LogP contribution in [0.15, 0.2) is 72.0 Å². The second kappa shape index (κ2) is 16.9. The maximum atomic E-state index is 12.9. The molecule has 41 heavy (non-hydrogen) atoms. The summed E-state index contributed by atoms with van der Waals surface area (Å²) in [6, 6.07) is 3.01. The molecule has 0 aliphatic carbocycles. The molecule has 0 unspecified atom stereocenters. The van der Waals surface area contributed by atoms with Gasteiger partial charge < -0.3 is 20.9 Å². The van der Waals surface area contributed by atoms with E-state index in [-0.39, 0.29) is 40.4 Å². The number of aromatic nitrogens is 3. The summed E-state index contributed by atoms with van der Waals surface area (Å²) in [5.74, 6) is 0.459. The van der Waals surface area contributed by atoms with Crippen molar-refractivity contribution in [2.45, 2.75) is 52.6 Å². The van der Waals surface area contributed by atoms with Crippen molar-refractivity contribution >= 4 is 23.0 Å². The van der Waals surface area contributed by atoms with Gasteiger partial charge in [-0.1, -0.05) is 32.6 Å². The fraction of sp³-hybridized carbons (Fsp3) is 0.370. The Balaban J connectivity index is 0.00000411. The van der Waals surface area contributed by atoms with E-state index in [4.69, 9.17) is 16.2 Å². The lowest BCUT2D eigenvalue weighted by atomic mass is 10.1. The van der Waals surface area contributed by atoms with Crippen molar-refractivity contribution in [1.29, 1.82) is 0 Å². The predicted octanol–water partition coefficient (Wildman–Crippen LogP) is 6.68. The van der Waals surface area contributed by atoms with E-state index in [2.05, 4.69) is 26.4 Å². The topological polar surface area (TPSA) is 113 Å². The van der Waals surface area contributed by atoms with E-state index in [1.807, 2.05) is 13.8 Å². The van der Waals surface area contributed by atoms with Crippen LogP contribution in [-0.4, -0.2) is 46.5 Å². The summed E-state index contributed by atoms with van der Waals surface area (Å²) in [4.78, 5) is 7.92. The summed E-state index contributed by atoms with van der Waals surface area (Å²) < 4.78 is 86.8. The number of hydrogen-bond acceptors (Lipinski definition) is 7. The smallest absolute Gasteiger partial charge is 0.499 e. The third-order valence-electron chi connectivity index (χ3n) is 4.75. The first kappa shape index (κ1) is 35.0. The average Bonchev–Trinajstić information content (AvgIpc) is 3.31. The van der Waals surface area contributed by atoms with Gasteiger partial charge in [0.2, 0.25) is 0 Å². The number of alkyl halides is 6. The van der Waals surface area contributed by atoms with Crippen molar-refractivity contribution in [3.8, 4) is 0 Å². The minimum absolute atomic E-state index is 0.00531. The zero-order valence-corrected chi connectivity index (χ0v) is 23.0. The second-order valence-electron chi connectivity index (χ2n) is 7.93. The van der Waals surface area contributed by atoms with Crippen LogP contribution >= 0.6 is 0 Å². The molecule has 0 radical (unpaired) electrons. The monoisotopic (exact) mass is 588 g/mol. The average molecular weight is 589 g/mol. The summed E-state index contributed by atoms with van der Waals surface area (Å²) in [6.07, 6.45) is -1.63. The van der Waals surface area contributed by atoms with Crippen molar-refractivity contribution in [2.75, 3.05) is 13.2 Å². The molecule has 0 amide bonds. The zero-order chi connectivity index (χ0) is 31.1. The lowest BCUT2D eigenvalue weighted by Gasteiger charge is -2.08. The van der Waals surface area contributed by atoms with Crippen LogP contribution in [0.2, 0.25) is 0 Å². The molecule has 2 heterocycles. The molecule has 2 rings (SSSR count). The van der Waals surface area contributed by atoms with Gasteiger partial charge in [0.15, 0.2) is 5.65 Å². The van der Waals surface area contributed by atoms with Crippen molar-refractivity contribution in [1.82, 2.24) is 14.6 Å². The van der Waals surface area contributed by atoms with E-state index < -0.39 is 19.0 Å². The number of halogens is 6. The van der Waals surface area contributed by atoms with Gasteiger partial charge in [0.1, 0.15) is 5.82 Å². The molecule has 0 bridgehead atoms. The molecule has 14 heteroatoms. The van der Waals surface area contributed by atoms with Crippen LogP contribution < -0.4 is 11.5 Å². The van der Waals surface area contributed by atoms with Crippen molar-refractivity contribution < 1.29 is 35.8 Å². The first-order valence-corrected chi connectivity index (χ1v) is 12.5. The minimum atomic E-state index is -4.89. The quantitative estimate of drug-likeness (QED) is 0.0887. The van der Waals surface area contributed by atoms with Gasteiger partial charge in [-0.15, -0.1) is 13.2 Å². The summed E-state index contributed by atoms with van der Waals surface area (Å²) in [5.41, 5.74) is 11.7. The van der Waals surface area contributed by atoms with Crippen molar-refractivity contribution in [3.05, 3.63) is 78.4 Å². The number of allylic oxidation sites excluding steroid dienone is 7. The molecule has 0 aliphatic heterocycles. The molecule has 0 fully saturated rings. The Morgan fingerprint density at radius 2 is 1.80 bits per heavy atom. The van der Waals surface area contributed by atoms with Gasteiger partial charge >= 0.3 is 12.5 Å². The Hall–Kier alpha value is -4.07.